The van der Waals surface area contributed by atoms with E-state index in [-0.39, 0.29) is 0 Å². The highest BCUT2D eigenvalue weighted by Crippen LogP contribution is 2.35. The average molecular weight is 464 g/mol. The molecule has 1 aromatic carbocycles. The Bertz CT molecular complexity index is 1340. The fourth-order valence-corrected chi connectivity index (χ4v) is 5.52. The second kappa shape index (κ2) is 9.09. The molecule has 0 radical (unpaired) electrons. The molecule has 2 N–H and O–H groups in total. The first-order valence-corrected chi connectivity index (χ1v) is 12.0. The summed E-state index contributed by atoms with van der Waals surface area (Å²) in [6.07, 6.45) is 8.02. The summed E-state index contributed by atoms with van der Waals surface area (Å²) in [6, 6.07) is 8.05. The maximum absolute atomic E-state index is 11.8. The van der Waals surface area contributed by atoms with Crippen molar-refractivity contribution in [2.24, 2.45) is 0 Å². The molecule has 0 aliphatic rings. The van der Waals surface area contributed by atoms with E-state index in [1.807, 2.05) is 35.9 Å². The first-order valence-electron chi connectivity index (χ1n) is 10.4. The Hall–Kier alpha value is -3.24. The number of thiazole rings is 1. The molecule has 0 fully saturated rings. The third-order valence-electron chi connectivity index (χ3n) is 5.12. The maximum Gasteiger partial charge on any atom is 0.198 e. The lowest BCUT2D eigenvalue weighted by molar-refractivity contribution is 0.112. The molecule has 0 aliphatic heterocycles. The monoisotopic (exact) mass is 463 g/mol. The number of H-pyrrole nitrogens is 1. The van der Waals surface area contributed by atoms with Gasteiger partial charge in [-0.3, -0.25) is 4.79 Å². The molecule has 8 nitrogen and oxygen atoms in total. The number of rotatable bonds is 9. The fourth-order valence-electron chi connectivity index (χ4n) is 3.59. The number of benzene rings is 1. The normalized spacial score (nSPS) is 11.4. The molecule has 0 amide bonds. The van der Waals surface area contributed by atoms with Gasteiger partial charge in [-0.2, -0.15) is 0 Å². The maximum atomic E-state index is 11.8. The summed E-state index contributed by atoms with van der Waals surface area (Å²) in [5, 5.41) is 4.76. The van der Waals surface area contributed by atoms with E-state index in [2.05, 4.69) is 26.3 Å². The molecule has 0 aliphatic carbocycles. The summed E-state index contributed by atoms with van der Waals surface area (Å²) >= 11 is 3.05. The summed E-state index contributed by atoms with van der Waals surface area (Å²) in [6.45, 7) is 3.57. The lowest BCUT2D eigenvalue weighted by atomic mass is 10.1. The van der Waals surface area contributed by atoms with Crippen LogP contribution in [0.2, 0.25) is 0 Å². The Labute approximate surface area is 192 Å². The van der Waals surface area contributed by atoms with E-state index >= 15 is 0 Å². The number of imidazole rings is 1. The SMILES string of the molecule is CCc1[nH]c2nc(Sc3nc4ccccc4s3)nc(NCCCn3ccnc3)c2c1C=O. The zero-order valence-electron chi connectivity index (χ0n) is 17.4. The van der Waals surface area contributed by atoms with Crippen LogP contribution in [0.1, 0.15) is 29.4 Å². The van der Waals surface area contributed by atoms with Crippen LogP contribution in [0.3, 0.4) is 0 Å². The Morgan fingerprint density at radius 3 is 2.94 bits per heavy atom. The Balaban J connectivity index is 1.45. The van der Waals surface area contributed by atoms with Crippen molar-refractivity contribution >= 4 is 56.5 Å². The van der Waals surface area contributed by atoms with Gasteiger partial charge in [0.25, 0.3) is 0 Å². The number of hydrogen-bond donors (Lipinski definition) is 2. The quantitative estimate of drug-likeness (QED) is 0.184. The third kappa shape index (κ3) is 4.11. The highest BCUT2D eigenvalue weighted by molar-refractivity contribution is 8.01. The van der Waals surface area contributed by atoms with Gasteiger partial charge in [0, 0.05) is 36.7 Å². The summed E-state index contributed by atoms with van der Waals surface area (Å²) in [4.78, 5) is 33.4. The molecule has 0 unspecified atom stereocenters. The van der Waals surface area contributed by atoms with Crippen LogP contribution in [0.4, 0.5) is 5.82 Å². The number of nitrogens with zero attached hydrogens (tertiary/aromatic N) is 5. The minimum Gasteiger partial charge on any atom is -0.369 e. The van der Waals surface area contributed by atoms with Crippen LogP contribution in [-0.4, -0.2) is 42.3 Å². The predicted octanol–water partition coefficient (Wildman–Crippen LogP) is 4.79. The van der Waals surface area contributed by atoms with Gasteiger partial charge in [0.05, 0.1) is 21.9 Å². The molecular formula is C22H21N7OS2. The minimum absolute atomic E-state index is 0.593. The van der Waals surface area contributed by atoms with Crippen molar-refractivity contribution in [2.45, 2.75) is 35.8 Å². The number of carbonyl (C=O) groups excluding carboxylic acids is 1. The van der Waals surface area contributed by atoms with E-state index in [4.69, 9.17) is 9.97 Å². The van der Waals surface area contributed by atoms with E-state index in [0.29, 0.717) is 35.2 Å². The number of aldehydes is 1. The van der Waals surface area contributed by atoms with Gasteiger partial charge >= 0.3 is 0 Å². The van der Waals surface area contributed by atoms with Crippen molar-refractivity contribution in [2.75, 3.05) is 11.9 Å². The zero-order chi connectivity index (χ0) is 21.9. The van der Waals surface area contributed by atoms with Gasteiger partial charge in [0.15, 0.2) is 15.8 Å². The van der Waals surface area contributed by atoms with Gasteiger partial charge in [-0.05, 0) is 36.7 Å². The number of fused-ring (bicyclic) bond motifs is 2. The van der Waals surface area contributed by atoms with Gasteiger partial charge in [-0.25, -0.2) is 19.9 Å². The molecule has 32 heavy (non-hydrogen) atoms. The molecular weight excluding hydrogens is 442 g/mol. The van der Waals surface area contributed by atoms with Crippen LogP contribution in [0, 0.1) is 0 Å². The number of hydrogen-bond acceptors (Lipinski definition) is 8. The average Bonchev–Trinajstić information content (AvgIpc) is 3.53. The number of carbonyl (C=O) groups is 1. The molecule has 4 heterocycles. The van der Waals surface area contributed by atoms with E-state index in [1.165, 1.54) is 11.8 Å². The van der Waals surface area contributed by atoms with Crippen molar-refractivity contribution in [1.82, 2.24) is 29.5 Å². The minimum atomic E-state index is 0.593. The number of aromatic nitrogens is 6. The molecule has 0 atom stereocenters. The lowest BCUT2D eigenvalue weighted by Gasteiger charge is -2.09. The van der Waals surface area contributed by atoms with Gasteiger partial charge in [0.2, 0.25) is 0 Å². The molecule has 162 valence electrons. The summed E-state index contributed by atoms with van der Waals surface area (Å²) in [7, 11) is 0. The molecule has 10 heteroatoms. The first-order chi connectivity index (χ1) is 15.7. The second-order valence-corrected chi connectivity index (χ2v) is 9.44. The van der Waals surface area contributed by atoms with E-state index in [9.17, 15) is 4.79 Å². The van der Waals surface area contributed by atoms with Gasteiger partial charge < -0.3 is 14.9 Å². The number of aryl methyl sites for hydroxylation is 2. The number of anilines is 1. The van der Waals surface area contributed by atoms with Crippen molar-refractivity contribution in [1.29, 1.82) is 0 Å². The van der Waals surface area contributed by atoms with Crippen molar-refractivity contribution in [3.63, 3.8) is 0 Å². The summed E-state index contributed by atoms with van der Waals surface area (Å²) in [5.74, 6) is 0.669. The van der Waals surface area contributed by atoms with Gasteiger partial charge in [0.1, 0.15) is 11.5 Å². The standard InChI is InChI=1S/C22H21N7OS2/c1-2-15-14(12-30)18-19(24-8-5-10-29-11-9-23-13-29)27-21(28-20(18)25-15)32-22-26-16-6-3-4-7-17(16)31-22/h3-4,6-7,9,11-13H,2,5,8,10H2,1H3,(H2,24,25,27,28). The highest BCUT2D eigenvalue weighted by Gasteiger charge is 2.18. The highest BCUT2D eigenvalue weighted by atomic mass is 32.2. The lowest BCUT2D eigenvalue weighted by Crippen LogP contribution is -2.08. The molecule has 5 aromatic rings. The molecule has 0 saturated carbocycles. The second-order valence-electron chi connectivity index (χ2n) is 7.20. The van der Waals surface area contributed by atoms with E-state index in [0.717, 1.165) is 44.9 Å². The van der Waals surface area contributed by atoms with Gasteiger partial charge in [-0.1, -0.05) is 19.1 Å². The molecule has 0 saturated heterocycles. The summed E-state index contributed by atoms with van der Waals surface area (Å²) < 4.78 is 4.05. The smallest absolute Gasteiger partial charge is 0.198 e. The van der Waals surface area contributed by atoms with Crippen LogP contribution in [0.15, 0.2) is 52.5 Å². The molecule has 4 aromatic heterocycles. The van der Waals surface area contributed by atoms with Crippen molar-refractivity contribution < 1.29 is 4.79 Å². The Morgan fingerprint density at radius 2 is 2.16 bits per heavy atom. The Morgan fingerprint density at radius 1 is 1.25 bits per heavy atom. The molecule has 0 spiro atoms. The van der Waals surface area contributed by atoms with Crippen LogP contribution >= 0.6 is 23.1 Å². The van der Waals surface area contributed by atoms with Crippen molar-refractivity contribution in [3.8, 4) is 0 Å². The van der Waals surface area contributed by atoms with Crippen LogP contribution in [-0.2, 0) is 13.0 Å². The number of aromatic amines is 1. The molecule has 0 bridgehead atoms. The van der Waals surface area contributed by atoms with E-state index in [1.54, 1.807) is 23.9 Å². The van der Waals surface area contributed by atoms with Crippen LogP contribution in [0.25, 0.3) is 21.3 Å². The topological polar surface area (TPSA) is 101 Å². The van der Waals surface area contributed by atoms with Crippen molar-refractivity contribution in [3.05, 3.63) is 54.2 Å². The zero-order valence-corrected chi connectivity index (χ0v) is 19.0. The van der Waals surface area contributed by atoms with E-state index < -0.39 is 0 Å². The summed E-state index contributed by atoms with van der Waals surface area (Å²) in [5.41, 5.74) is 3.12. The van der Waals surface area contributed by atoms with Crippen LogP contribution < -0.4 is 5.32 Å². The third-order valence-corrected chi connectivity index (χ3v) is 7.08. The number of nitrogens with one attached hydrogen (secondary N) is 2. The number of para-hydroxylation sites is 1. The van der Waals surface area contributed by atoms with Gasteiger partial charge in [-0.15, -0.1) is 11.3 Å². The Kier molecular flexibility index (Phi) is 5.87. The fraction of sp³-hybridized carbons (Fsp3) is 0.227. The van der Waals surface area contributed by atoms with Crippen LogP contribution in [0.5, 0.6) is 0 Å². The largest absolute Gasteiger partial charge is 0.369 e. The predicted molar refractivity (Wildman–Crippen MR) is 128 cm³/mol. The molecule has 5 rings (SSSR count). The first kappa shape index (κ1) is 20.7.